The Kier molecular flexibility index (Phi) is 8.52. The maximum atomic E-state index is 12.5. The van der Waals surface area contributed by atoms with E-state index in [1.54, 1.807) is 36.4 Å². The number of hydrogen-bond donors (Lipinski definition) is 1. The number of ketones is 1. The standard InChI is InChI=1S/C15H13N3OS.ClH.Zn/c16-15(20)18-17-13(11-7-3-1-4-8-11)14(19)12-9-5-2-6-10-12;;/h1-10H,(H3,16,18,20);1H;/q;;+2/p-2/b17-13+;;. The number of carbonyl (C=O) groups excluding carboxylic acids is 1. The second-order valence-electron chi connectivity index (χ2n) is 3.95. The van der Waals surface area contributed by atoms with Crippen LogP contribution >= 0.6 is 9.69 Å². The summed E-state index contributed by atoms with van der Waals surface area (Å²) in [5.41, 5.74) is 6.72. The summed E-state index contributed by atoms with van der Waals surface area (Å²) in [4.78, 5) is 12.5. The van der Waals surface area contributed by atoms with Crippen molar-refractivity contribution < 1.29 is 22.1 Å². The van der Waals surface area contributed by atoms with E-state index in [1.165, 1.54) is 0 Å². The van der Waals surface area contributed by atoms with Crippen LogP contribution in [0.25, 0.3) is 0 Å². The normalized spacial score (nSPS) is 11.4. The van der Waals surface area contributed by atoms with Crippen LogP contribution in [0.15, 0.2) is 70.9 Å². The number of nitrogens with two attached hydrogens (primary N) is 1. The van der Waals surface area contributed by atoms with E-state index in [0.29, 0.717) is 11.1 Å². The van der Waals surface area contributed by atoms with Crippen LogP contribution in [0.1, 0.15) is 15.9 Å². The van der Waals surface area contributed by atoms with E-state index in [4.69, 9.17) is 15.4 Å². The molecule has 0 saturated carbocycles. The number of hydrogen-bond acceptors (Lipinski definition) is 4. The van der Waals surface area contributed by atoms with Crippen LogP contribution in [0, 0.1) is 0 Å². The molecule has 0 aliphatic heterocycles. The molecule has 0 saturated heterocycles. The quantitative estimate of drug-likeness (QED) is 0.221. The molecule has 0 atom stereocenters. The topological polar surface area (TPSA) is 67.8 Å². The average Bonchev–Trinajstić information content (AvgIpc) is 2.58. The van der Waals surface area contributed by atoms with Crippen molar-refractivity contribution in [1.82, 2.24) is 0 Å². The van der Waals surface area contributed by atoms with Crippen LogP contribution in [-0.4, -0.2) is 16.7 Å². The SMILES string of the molecule is N/C([S-])=N/N=C(/C(=O)c1ccccc1)c1ccccc1.[Cl][Zn+]. The Morgan fingerprint density at radius 2 is 1.36 bits per heavy atom. The summed E-state index contributed by atoms with van der Waals surface area (Å²) in [6.07, 6.45) is 0. The Labute approximate surface area is 148 Å². The first-order valence-electron chi connectivity index (χ1n) is 6.18. The van der Waals surface area contributed by atoms with Crippen molar-refractivity contribution in [2.24, 2.45) is 15.9 Å². The fourth-order valence-corrected chi connectivity index (χ4v) is 1.70. The van der Waals surface area contributed by atoms with Gasteiger partial charge >= 0.3 is 27.0 Å². The molecule has 4 nitrogen and oxygen atoms in total. The summed E-state index contributed by atoms with van der Waals surface area (Å²) < 4.78 is 0. The third-order valence-electron chi connectivity index (χ3n) is 2.55. The molecule has 0 aliphatic rings. The molecule has 0 bridgehead atoms. The van der Waals surface area contributed by atoms with Gasteiger partial charge in [-0.15, -0.1) is 5.10 Å². The molecule has 2 N–H and O–H groups in total. The summed E-state index contributed by atoms with van der Waals surface area (Å²) in [7, 11) is 4.76. The summed E-state index contributed by atoms with van der Waals surface area (Å²) in [6.45, 7) is 0. The Hall–Kier alpha value is -1.62. The Morgan fingerprint density at radius 3 is 1.82 bits per heavy atom. The van der Waals surface area contributed by atoms with Crippen LogP contribution in [0.2, 0.25) is 0 Å². The molecule has 0 amide bonds. The van der Waals surface area contributed by atoms with Gasteiger partial charge < -0.3 is 18.4 Å². The van der Waals surface area contributed by atoms with Gasteiger partial charge in [-0.3, -0.25) is 4.79 Å². The molecular weight excluding hydrogens is 371 g/mol. The van der Waals surface area contributed by atoms with Crippen molar-refractivity contribution in [2.75, 3.05) is 0 Å². The van der Waals surface area contributed by atoms with Crippen LogP contribution in [0.4, 0.5) is 0 Å². The van der Waals surface area contributed by atoms with Gasteiger partial charge in [0.1, 0.15) is 5.71 Å². The van der Waals surface area contributed by atoms with Gasteiger partial charge in [0.2, 0.25) is 5.78 Å². The van der Waals surface area contributed by atoms with Gasteiger partial charge in [0.25, 0.3) is 0 Å². The molecule has 0 fully saturated rings. The van der Waals surface area contributed by atoms with Gasteiger partial charge in [-0.2, -0.15) is 5.10 Å². The van der Waals surface area contributed by atoms with Crippen LogP contribution < -0.4 is 5.73 Å². The summed E-state index contributed by atoms with van der Waals surface area (Å²) >= 11 is 5.51. The molecule has 22 heavy (non-hydrogen) atoms. The summed E-state index contributed by atoms with van der Waals surface area (Å²) in [5, 5.41) is 7.41. The van der Waals surface area contributed by atoms with Gasteiger partial charge in [-0.25, -0.2) is 0 Å². The average molecular weight is 383 g/mol. The molecule has 0 unspecified atom stereocenters. The van der Waals surface area contributed by atoms with Crippen molar-refractivity contribution >= 4 is 39.0 Å². The van der Waals surface area contributed by atoms with Crippen molar-refractivity contribution in [2.45, 2.75) is 0 Å². The van der Waals surface area contributed by atoms with Crippen LogP contribution in [0.3, 0.4) is 0 Å². The predicted octanol–water partition coefficient (Wildman–Crippen LogP) is 2.82. The summed E-state index contributed by atoms with van der Waals surface area (Å²) in [5.74, 6) is -0.225. The first-order chi connectivity index (χ1) is 10.7. The van der Waals surface area contributed by atoms with Gasteiger partial charge in [0.15, 0.2) is 0 Å². The van der Waals surface area contributed by atoms with E-state index in [0.717, 1.165) is 17.3 Å². The number of rotatable bonds is 4. The number of amidine groups is 1. The molecule has 2 aromatic carbocycles. The molecule has 0 radical (unpaired) electrons. The number of halogens is 1. The number of nitrogens with zero attached hydrogens (tertiary/aromatic N) is 2. The first kappa shape index (κ1) is 18.4. The zero-order valence-corrected chi connectivity index (χ0v) is 16.2. The van der Waals surface area contributed by atoms with E-state index in [-0.39, 0.29) is 16.7 Å². The Morgan fingerprint density at radius 1 is 0.909 bits per heavy atom. The molecular formula is C15H12ClN3OSZn. The van der Waals surface area contributed by atoms with E-state index in [2.05, 4.69) is 22.8 Å². The molecule has 108 valence electrons. The Balaban J connectivity index is 0.00000116. The molecule has 2 aromatic rings. The minimum atomic E-state index is -0.225. The van der Waals surface area contributed by atoms with Crippen LogP contribution in [-0.2, 0) is 29.9 Å². The third-order valence-corrected chi connectivity index (χ3v) is 2.63. The van der Waals surface area contributed by atoms with Crippen molar-refractivity contribution in [3.05, 3.63) is 71.8 Å². The molecule has 2 rings (SSSR count). The number of carbonyl (C=O) groups is 1. The molecule has 0 aromatic heterocycles. The summed E-state index contributed by atoms with van der Waals surface area (Å²) in [6, 6.07) is 18.0. The van der Waals surface area contributed by atoms with Crippen molar-refractivity contribution in [3.8, 4) is 0 Å². The second-order valence-corrected chi connectivity index (χ2v) is 4.37. The van der Waals surface area contributed by atoms with Gasteiger partial charge in [-0.1, -0.05) is 60.7 Å². The van der Waals surface area contributed by atoms with Gasteiger partial charge in [0, 0.05) is 11.1 Å². The third kappa shape index (κ3) is 5.64. The minimum absolute atomic E-state index is 0.112. The molecule has 0 aliphatic carbocycles. The zero-order valence-electron chi connectivity index (χ0n) is 11.6. The number of benzene rings is 2. The van der Waals surface area contributed by atoms with E-state index < -0.39 is 0 Å². The second kappa shape index (κ2) is 10.2. The maximum absolute atomic E-state index is 12.5. The molecule has 0 spiro atoms. The van der Waals surface area contributed by atoms with E-state index in [1.807, 2.05) is 24.3 Å². The zero-order chi connectivity index (χ0) is 16.4. The molecule has 0 heterocycles. The predicted molar refractivity (Wildman–Crippen MR) is 88.6 cm³/mol. The Bertz CT molecular complexity index is 659. The van der Waals surface area contributed by atoms with Gasteiger partial charge in [0.05, 0.1) is 0 Å². The van der Waals surface area contributed by atoms with Gasteiger partial charge in [-0.05, 0) is 5.17 Å². The van der Waals surface area contributed by atoms with Crippen molar-refractivity contribution in [3.63, 3.8) is 0 Å². The monoisotopic (exact) mass is 381 g/mol. The fraction of sp³-hybridized carbons (Fsp3) is 0. The van der Waals surface area contributed by atoms with Crippen molar-refractivity contribution in [1.29, 1.82) is 0 Å². The number of Topliss-reactive ketones (excluding diaryl/α,β-unsaturated/α-hetero) is 1. The van der Waals surface area contributed by atoms with E-state index >= 15 is 0 Å². The van der Waals surface area contributed by atoms with E-state index in [9.17, 15) is 4.79 Å². The fourth-order valence-electron chi connectivity index (χ4n) is 1.66. The molecule has 7 heteroatoms. The van der Waals surface area contributed by atoms with Crippen LogP contribution in [0.5, 0.6) is 0 Å². The first-order valence-corrected chi connectivity index (χ1v) is 10.5.